The predicted octanol–water partition coefficient (Wildman–Crippen LogP) is 1.15. The molecule has 2 heterocycles. The fourth-order valence-electron chi connectivity index (χ4n) is 2.47. The first kappa shape index (κ1) is 18.5. The molecule has 0 saturated heterocycles. The van der Waals surface area contributed by atoms with E-state index in [2.05, 4.69) is 15.4 Å². The number of fused-ring (bicyclic) bond motifs is 1. The van der Waals surface area contributed by atoms with Gasteiger partial charge in [-0.25, -0.2) is 23.1 Å². The second-order valence-electron chi connectivity index (χ2n) is 5.80. The Bertz CT molecular complexity index is 829. The zero-order valence-corrected chi connectivity index (χ0v) is 15.4. The Hall–Kier alpha value is -1.87. The SMILES string of the molecule is CCOCc1nc2c(N)nc(C)c(C)c2n1NCCCS(C)(=O)=O. The van der Waals surface area contributed by atoms with Crippen molar-refractivity contribution in [3.8, 4) is 0 Å². The van der Waals surface area contributed by atoms with Gasteiger partial charge in [0.2, 0.25) is 0 Å². The van der Waals surface area contributed by atoms with E-state index in [4.69, 9.17) is 10.5 Å². The van der Waals surface area contributed by atoms with Gasteiger partial charge in [0.25, 0.3) is 0 Å². The molecular weight excluding hydrogens is 330 g/mol. The molecule has 0 aliphatic rings. The molecule has 2 aromatic heterocycles. The smallest absolute Gasteiger partial charge is 0.154 e. The number of hydrogen-bond acceptors (Lipinski definition) is 7. The zero-order chi connectivity index (χ0) is 17.9. The van der Waals surface area contributed by atoms with Gasteiger partial charge in [0.1, 0.15) is 22.0 Å². The maximum absolute atomic E-state index is 11.3. The summed E-state index contributed by atoms with van der Waals surface area (Å²) in [5.74, 6) is 1.20. The lowest BCUT2D eigenvalue weighted by atomic mass is 10.2. The van der Waals surface area contributed by atoms with Crippen molar-refractivity contribution in [2.45, 2.75) is 33.8 Å². The summed E-state index contributed by atoms with van der Waals surface area (Å²) in [5, 5.41) is 0. The summed E-state index contributed by atoms with van der Waals surface area (Å²) in [6, 6.07) is 0. The fraction of sp³-hybridized carbons (Fsp3) is 0.600. The van der Waals surface area contributed by atoms with Gasteiger partial charge in [-0.15, -0.1) is 0 Å². The quantitative estimate of drug-likeness (QED) is 0.683. The van der Waals surface area contributed by atoms with Crippen LogP contribution >= 0.6 is 0 Å². The number of nitrogens with two attached hydrogens (primary N) is 1. The molecule has 134 valence electrons. The van der Waals surface area contributed by atoms with Gasteiger partial charge < -0.3 is 15.9 Å². The molecule has 3 N–H and O–H groups in total. The molecule has 0 saturated carbocycles. The number of aryl methyl sites for hydroxylation is 2. The molecule has 0 spiro atoms. The summed E-state index contributed by atoms with van der Waals surface area (Å²) >= 11 is 0. The first-order valence-corrected chi connectivity index (χ1v) is 9.94. The van der Waals surface area contributed by atoms with Crippen LogP contribution in [-0.4, -0.2) is 48.2 Å². The molecule has 9 heteroatoms. The molecule has 0 bridgehead atoms. The fourth-order valence-corrected chi connectivity index (χ4v) is 3.13. The van der Waals surface area contributed by atoms with Crippen LogP contribution in [0.2, 0.25) is 0 Å². The van der Waals surface area contributed by atoms with Crippen molar-refractivity contribution in [2.24, 2.45) is 0 Å². The van der Waals surface area contributed by atoms with Crippen LogP contribution in [0.1, 0.15) is 30.4 Å². The second kappa shape index (κ2) is 7.35. The van der Waals surface area contributed by atoms with Gasteiger partial charge in [-0.2, -0.15) is 0 Å². The van der Waals surface area contributed by atoms with Gasteiger partial charge in [0, 0.05) is 25.1 Å². The number of nitrogens with one attached hydrogen (secondary N) is 1. The van der Waals surface area contributed by atoms with Gasteiger partial charge in [-0.3, -0.25) is 0 Å². The van der Waals surface area contributed by atoms with Crippen molar-refractivity contribution < 1.29 is 13.2 Å². The van der Waals surface area contributed by atoms with Crippen molar-refractivity contribution in [1.29, 1.82) is 0 Å². The Morgan fingerprint density at radius 1 is 1.29 bits per heavy atom. The Morgan fingerprint density at radius 2 is 2.00 bits per heavy atom. The first-order chi connectivity index (χ1) is 11.2. The van der Waals surface area contributed by atoms with Crippen LogP contribution in [0, 0.1) is 13.8 Å². The normalized spacial score (nSPS) is 12.0. The predicted molar refractivity (Wildman–Crippen MR) is 95.3 cm³/mol. The summed E-state index contributed by atoms with van der Waals surface area (Å²) < 4.78 is 29.9. The maximum atomic E-state index is 11.3. The average molecular weight is 355 g/mol. The standard InChI is InChI=1S/C15H25N5O3S/c1-5-23-9-12-19-13-14(10(2)11(3)18-15(13)16)20(12)17-7-6-8-24(4,21)22/h17H,5-9H2,1-4H3,(H2,16,18). The van der Waals surface area contributed by atoms with Crippen LogP contribution in [-0.2, 0) is 21.2 Å². The van der Waals surface area contributed by atoms with Crippen molar-refractivity contribution in [2.75, 3.05) is 36.3 Å². The Morgan fingerprint density at radius 3 is 2.62 bits per heavy atom. The molecule has 2 rings (SSSR count). The van der Waals surface area contributed by atoms with Crippen LogP contribution in [0.15, 0.2) is 0 Å². The number of nitrogens with zero attached hydrogens (tertiary/aromatic N) is 3. The lowest BCUT2D eigenvalue weighted by molar-refractivity contribution is 0.127. The Labute approximate surface area is 142 Å². The third-order valence-electron chi connectivity index (χ3n) is 3.77. The van der Waals surface area contributed by atoms with E-state index in [1.54, 1.807) is 0 Å². The van der Waals surface area contributed by atoms with Crippen molar-refractivity contribution in [3.05, 3.63) is 17.1 Å². The lowest BCUT2D eigenvalue weighted by Crippen LogP contribution is -2.21. The minimum atomic E-state index is -2.97. The van der Waals surface area contributed by atoms with Crippen molar-refractivity contribution in [3.63, 3.8) is 0 Å². The van der Waals surface area contributed by atoms with Gasteiger partial charge in [0.15, 0.2) is 11.6 Å². The molecule has 0 radical (unpaired) electrons. The van der Waals surface area contributed by atoms with Gasteiger partial charge in [0.05, 0.1) is 11.3 Å². The third-order valence-corrected chi connectivity index (χ3v) is 4.80. The number of aromatic nitrogens is 3. The van der Waals surface area contributed by atoms with Gasteiger partial charge in [-0.1, -0.05) is 0 Å². The summed E-state index contributed by atoms with van der Waals surface area (Å²) in [6.07, 6.45) is 1.74. The number of nitrogen functional groups attached to an aromatic ring is 1. The molecule has 24 heavy (non-hydrogen) atoms. The first-order valence-electron chi connectivity index (χ1n) is 7.88. The van der Waals surface area contributed by atoms with Crippen LogP contribution in [0.5, 0.6) is 0 Å². The summed E-state index contributed by atoms with van der Waals surface area (Å²) in [6.45, 7) is 7.18. The third kappa shape index (κ3) is 4.15. The van der Waals surface area contributed by atoms with Crippen LogP contribution in [0.4, 0.5) is 5.82 Å². The van der Waals surface area contributed by atoms with E-state index in [0.29, 0.717) is 43.3 Å². The summed E-state index contributed by atoms with van der Waals surface area (Å²) in [7, 11) is -2.97. The number of anilines is 1. The highest BCUT2D eigenvalue weighted by molar-refractivity contribution is 7.90. The number of imidazole rings is 1. The highest BCUT2D eigenvalue weighted by Crippen LogP contribution is 2.25. The van der Waals surface area contributed by atoms with E-state index in [1.165, 1.54) is 6.26 Å². The van der Waals surface area contributed by atoms with Crippen molar-refractivity contribution >= 4 is 26.7 Å². The largest absolute Gasteiger partial charge is 0.382 e. The van der Waals surface area contributed by atoms with E-state index < -0.39 is 9.84 Å². The Balaban J connectivity index is 2.36. The highest BCUT2D eigenvalue weighted by Gasteiger charge is 2.17. The van der Waals surface area contributed by atoms with Crippen LogP contribution in [0.3, 0.4) is 0 Å². The number of sulfone groups is 1. The van der Waals surface area contributed by atoms with Gasteiger partial charge >= 0.3 is 0 Å². The number of rotatable bonds is 8. The molecule has 0 atom stereocenters. The molecule has 8 nitrogen and oxygen atoms in total. The molecular formula is C15H25N5O3S. The van der Waals surface area contributed by atoms with E-state index in [9.17, 15) is 8.42 Å². The number of ether oxygens (including phenoxy) is 1. The van der Waals surface area contributed by atoms with Gasteiger partial charge in [-0.05, 0) is 32.8 Å². The minimum absolute atomic E-state index is 0.134. The van der Waals surface area contributed by atoms with E-state index >= 15 is 0 Å². The molecule has 0 aliphatic carbocycles. The number of hydrogen-bond donors (Lipinski definition) is 2. The topological polar surface area (TPSA) is 112 Å². The summed E-state index contributed by atoms with van der Waals surface area (Å²) in [4.78, 5) is 8.87. The monoisotopic (exact) mass is 355 g/mol. The molecule has 2 aromatic rings. The van der Waals surface area contributed by atoms with Crippen molar-refractivity contribution in [1.82, 2.24) is 14.6 Å². The average Bonchev–Trinajstić information content (AvgIpc) is 2.85. The van der Waals surface area contributed by atoms with E-state index in [0.717, 1.165) is 16.8 Å². The molecule has 0 amide bonds. The minimum Gasteiger partial charge on any atom is -0.382 e. The molecule has 0 fully saturated rings. The highest BCUT2D eigenvalue weighted by atomic mass is 32.2. The maximum Gasteiger partial charge on any atom is 0.154 e. The van der Waals surface area contributed by atoms with E-state index in [1.807, 2.05) is 25.4 Å². The molecule has 0 unspecified atom stereocenters. The zero-order valence-electron chi connectivity index (χ0n) is 14.6. The Kier molecular flexibility index (Phi) is 5.66. The van der Waals surface area contributed by atoms with Crippen LogP contribution < -0.4 is 11.2 Å². The lowest BCUT2D eigenvalue weighted by Gasteiger charge is -2.14. The molecule has 0 aliphatic heterocycles. The number of pyridine rings is 1. The van der Waals surface area contributed by atoms with Crippen LogP contribution in [0.25, 0.3) is 11.0 Å². The molecule has 0 aromatic carbocycles. The van der Waals surface area contributed by atoms with E-state index in [-0.39, 0.29) is 5.75 Å². The summed E-state index contributed by atoms with van der Waals surface area (Å²) in [5.41, 5.74) is 12.5. The second-order valence-corrected chi connectivity index (χ2v) is 8.06.